The van der Waals surface area contributed by atoms with Crippen LogP contribution in [0.25, 0.3) is 0 Å². The van der Waals surface area contributed by atoms with Gasteiger partial charge in [-0.25, -0.2) is 4.39 Å². The van der Waals surface area contributed by atoms with Crippen molar-refractivity contribution in [3.63, 3.8) is 0 Å². The lowest BCUT2D eigenvalue weighted by molar-refractivity contribution is -0.122. The maximum Gasteiger partial charge on any atom is 0.222 e. The van der Waals surface area contributed by atoms with Crippen molar-refractivity contribution >= 4 is 11.6 Å². The summed E-state index contributed by atoms with van der Waals surface area (Å²) in [5.74, 6) is -0.998. The molecule has 1 aliphatic heterocycles. The predicted molar refractivity (Wildman–Crippen MR) is 65.2 cm³/mol. The maximum atomic E-state index is 13.8. The smallest absolute Gasteiger partial charge is 0.222 e. The molecular formula is C13H14FN3O. The molecule has 0 aromatic heterocycles. The summed E-state index contributed by atoms with van der Waals surface area (Å²) in [7, 11) is 0. The molecule has 4 nitrogen and oxygen atoms in total. The molecule has 0 spiro atoms. The molecule has 18 heavy (non-hydrogen) atoms. The molecule has 94 valence electrons. The highest BCUT2D eigenvalue weighted by Crippen LogP contribution is 2.26. The highest BCUT2D eigenvalue weighted by Gasteiger charge is 2.25. The minimum atomic E-state index is -0.431. The zero-order valence-electron chi connectivity index (χ0n) is 9.90. The summed E-state index contributed by atoms with van der Waals surface area (Å²) >= 11 is 0. The number of nitrogens with zero attached hydrogens (tertiary/aromatic N) is 2. The van der Waals surface area contributed by atoms with Crippen molar-refractivity contribution < 1.29 is 9.18 Å². The van der Waals surface area contributed by atoms with Gasteiger partial charge in [-0.2, -0.15) is 5.26 Å². The number of carbonyl (C=O) groups excluding carboxylic acids is 1. The first-order chi connectivity index (χ1) is 8.61. The number of nitrogens with two attached hydrogens (primary N) is 1. The maximum absolute atomic E-state index is 13.8. The van der Waals surface area contributed by atoms with Crippen LogP contribution in [0.2, 0.25) is 0 Å². The van der Waals surface area contributed by atoms with Crippen LogP contribution in [-0.2, 0) is 4.79 Å². The summed E-state index contributed by atoms with van der Waals surface area (Å²) in [4.78, 5) is 13.0. The third-order valence-corrected chi connectivity index (χ3v) is 3.24. The normalized spacial score (nSPS) is 19.3. The summed E-state index contributed by atoms with van der Waals surface area (Å²) in [5.41, 5.74) is 6.01. The van der Waals surface area contributed by atoms with E-state index in [0.29, 0.717) is 24.3 Å². The Morgan fingerprint density at radius 1 is 1.56 bits per heavy atom. The second-order valence-electron chi connectivity index (χ2n) is 4.47. The van der Waals surface area contributed by atoms with Gasteiger partial charge in [0.25, 0.3) is 0 Å². The highest BCUT2D eigenvalue weighted by molar-refractivity contribution is 5.77. The first-order valence-electron chi connectivity index (χ1n) is 5.85. The summed E-state index contributed by atoms with van der Waals surface area (Å²) < 4.78 is 13.8. The fourth-order valence-electron chi connectivity index (χ4n) is 2.26. The van der Waals surface area contributed by atoms with Crippen LogP contribution in [0.1, 0.15) is 18.4 Å². The SMILES string of the molecule is N#Cc1ccc(N2CCCC(C(N)=O)C2)c(F)c1. The average molecular weight is 247 g/mol. The van der Waals surface area contributed by atoms with E-state index < -0.39 is 5.82 Å². The van der Waals surface area contributed by atoms with Crippen LogP contribution in [0, 0.1) is 23.1 Å². The second-order valence-corrected chi connectivity index (χ2v) is 4.47. The molecular weight excluding hydrogens is 233 g/mol. The van der Waals surface area contributed by atoms with E-state index in [2.05, 4.69) is 0 Å². The van der Waals surface area contributed by atoms with Crippen molar-refractivity contribution in [2.45, 2.75) is 12.8 Å². The molecule has 1 amide bonds. The fraction of sp³-hybridized carbons (Fsp3) is 0.385. The molecule has 0 saturated carbocycles. The van der Waals surface area contributed by atoms with Crippen LogP contribution < -0.4 is 10.6 Å². The Morgan fingerprint density at radius 3 is 2.94 bits per heavy atom. The molecule has 5 heteroatoms. The van der Waals surface area contributed by atoms with E-state index in [9.17, 15) is 9.18 Å². The average Bonchev–Trinajstić information content (AvgIpc) is 2.38. The lowest BCUT2D eigenvalue weighted by Gasteiger charge is -2.33. The minimum absolute atomic E-state index is 0.228. The van der Waals surface area contributed by atoms with Crippen molar-refractivity contribution in [1.82, 2.24) is 0 Å². The number of carbonyl (C=O) groups is 1. The van der Waals surface area contributed by atoms with Crippen LogP contribution in [-0.4, -0.2) is 19.0 Å². The largest absolute Gasteiger partial charge is 0.369 e. The van der Waals surface area contributed by atoms with Gasteiger partial charge < -0.3 is 10.6 Å². The predicted octanol–water partition coefficient (Wildman–Crippen LogP) is 1.40. The van der Waals surface area contributed by atoms with Gasteiger partial charge in [0.15, 0.2) is 0 Å². The van der Waals surface area contributed by atoms with Gasteiger partial charge in [-0.1, -0.05) is 0 Å². The molecule has 0 bridgehead atoms. The Morgan fingerprint density at radius 2 is 2.33 bits per heavy atom. The molecule has 1 atom stereocenters. The van der Waals surface area contributed by atoms with E-state index in [1.54, 1.807) is 12.1 Å². The lowest BCUT2D eigenvalue weighted by atomic mass is 9.97. The Balaban J connectivity index is 2.21. The Labute approximate surface area is 105 Å². The molecule has 1 heterocycles. The molecule has 2 N–H and O–H groups in total. The summed E-state index contributed by atoms with van der Waals surface area (Å²) in [6.45, 7) is 1.14. The zero-order valence-corrected chi connectivity index (χ0v) is 9.90. The van der Waals surface area contributed by atoms with E-state index >= 15 is 0 Å². The molecule has 0 radical (unpaired) electrons. The number of hydrogen-bond donors (Lipinski definition) is 1. The van der Waals surface area contributed by atoms with E-state index in [1.165, 1.54) is 6.07 Å². The molecule has 1 aromatic rings. The molecule has 1 aliphatic rings. The zero-order chi connectivity index (χ0) is 13.1. The van der Waals surface area contributed by atoms with Crippen molar-refractivity contribution in [3.05, 3.63) is 29.6 Å². The summed E-state index contributed by atoms with van der Waals surface area (Å²) in [5, 5.41) is 8.69. The van der Waals surface area contributed by atoms with Gasteiger partial charge in [0, 0.05) is 13.1 Å². The number of halogens is 1. The molecule has 1 unspecified atom stereocenters. The lowest BCUT2D eigenvalue weighted by Crippen LogP contribution is -2.41. The Kier molecular flexibility index (Phi) is 3.47. The van der Waals surface area contributed by atoms with Gasteiger partial charge in [-0.3, -0.25) is 4.79 Å². The van der Waals surface area contributed by atoms with Crippen molar-refractivity contribution in [3.8, 4) is 6.07 Å². The van der Waals surface area contributed by atoms with Gasteiger partial charge in [-0.15, -0.1) is 0 Å². The number of anilines is 1. The number of primary amides is 1. The standard InChI is InChI=1S/C13H14FN3O/c14-11-6-9(7-15)3-4-12(11)17-5-1-2-10(8-17)13(16)18/h3-4,6,10H,1-2,5,8H2,(H2,16,18). The van der Waals surface area contributed by atoms with Gasteiger partial charge in [0.05, 0.1) is 23.2 Å². The minimum Gasteiger partial charge on any atom is -0.369 e. The van der Waals surface area contributed by atoms with E-state index in [1.807, 2.05) is 11.0 Å². The fourth-order valence-corrected chi connectivity index (χ4v) is 2.26. The van der Waals surface area contributed by atoms with Gasteiger partial charge in [-0.05, 0) is 31.0 Å². The summed E-state index contributed by atoms with van der Waals surface area (Å²) in [6.07, 6.45) is 1.57. The van der Waals surface area contributed by atoms with Gasteiger partial charge in [0.1, 0.15) is 5.82 Å². The van der Waals surface area contributed by atoms with Crippen molar-refractivity contribution in [2.24, 2.45) is 11.7 Å². The number of nitriles is 1. The van der Waals surface area contributed by atoms with Crippen LogP contribution in [0.4, 0.5) is 10.1 Å². The number of piperidine rings is 1. The third kappa shape index (κ3) is 2.43. The van der Waals surface area contributed by atoms with Crippen LogP contribution >= 0.6 is 0 Å². The molecule has 2 rings (SSSR count). The molecule has 0 aliphatic carbocycles. The van der Waals surface area contributed by atoms with Gasteiger partial charge >= 0.3 is 0 Å². The highest BCUT2D eigenvalue weighted by atomic mass is 19.1. The van der Waals surface area contributed by atoms with Crippen LogP contribution in [0.15, 0.2) is 18.2 Å². The van der Waals surface area contributed by atoms with E-state index in [4.69, 9.17) is 11.0 Å². The monoisotopic (exact) mass is 247 g/mol. The Hall–Kier alpha value is -2.09. The molecule has 1 saturated heterocycles. The topological polar surface area (TPSA) is 70.1 Å². The van der Waals surface area contributed by atoms with Crippen molar-refractivity contribution in [2.75, 3.05) is 18.0 Å². The first kappa shape index (κ1) is 12.4. The molecule has 1 fully saturated rings. The summed E-state index contributed by atoms with van der Waals surface area (Å²) in [6, 6.07) is 6.26. The second kappa shape index (κ2) is 5.05. The third-order valence-electron chi connectivity index (χ3n) is 3.24. The quantitative estimate of drug-likeness (QED) is 0.858. The van der Waals surface area contributed by atoms with Crippen molar-refractivity contribution in [1.29, 1.82) is 5.26 Å². The number of hydrogen-bond acceptors (Lipinski definition) is 3. The Bertz CT molecular complexity index is 509. The van der Waals surface area contributed by atoms with Gasteiger partial charge in [0.2, 0.25) is 5.91 Å². The number of rotatable bonds is 2. The van der Waals surface area contributed by atoms with E-state index in [-0.39, 0.29) is 11.8 Å². The van der Waals surface area contributed by atoms with Crippen LogP contribution in [0.5, 0.6) is 0 Å². The number of benzene rings is 1. The van der Waals surface area contributed by atoms with E-state index in [0.717, 1.165) is 12.8 Å². The van der Waals surface area contributed by atoms with Crippen LogP contribution in [0.3, 0.4) is 0 Å². The molecule has 1 aromatic carbocycles. The number of amides is 1. The first-order valence-corrected chi connectivity index (χ1v) is 5.85.